The lowest BCUT2D eigenvalue weighted by Crippen LogP contribution is -1.87. The Kier molecular flexibility index (Phi) is 2.52. The zero-order valence-electron chi connectivity index (χ0n) is 9.40. The van der Waals surface area contributed by atoms with Crippen LogP contribution in [0.3, 0.4) is 0 Å². The lowest BCUT2D eigenvalue weighted by Gasteiger charge is -2.06. The Balaban J connectivity index is 2.31. The van der Waals surface area contributed by atoms with Crippen molar-refractivity contribution in [3.63, 3.8) is 0 Å². The fourth-order valence-electron chi connectivity index (χ4n) is 2.05. The second-order valence-electron chi connectivity index (χ2n) is 4.04. The van der Waals surface area contributed by atoms with E-state index in [2.05, 4.69) is 4.98 Å². The van der Waals surface area contributed by atoms with E-state index in [1.807, 2.05) is 30.3 Å². The van der Waals surface area contributed by atoms with Gasteiger partial charge in [-0.3, -0.25) is 4.98 Å². The minimum absolute atomic E-state index is 0.497. The molecule has 0 radical (unpaired) electrons. The van der Waals surface area contributed by atoms with Crippen LogP contribution in [0.2, 0.25) is 0 Å². The average molecular weight is 241 g/mol. The highest BCUT2D eigenvalue weighted by Crippen LogP contribution is 2.27. The first-order chi connectivity index (χ1) is 8.74. The largest absolute Gasteiger partial charge is 0.256 e. The normalized spacial score (nSPS) is 10.8. The Morgan fingerprint density at radius 3 is 2.33 bits per heavy atom. The van der Waals surface area contributed by atoms with Crippen molar-refractivity contribution in [1.82, 2.24) is 4.98 Å². The fourth-order valence-corrected chi connectivity index (χ4v) is 2.05. The zero-order valence-corrected chi connectivity index (χ0v) is 9.40. The van der Waals surface area contributed by atoms with Crippen LogP contribution in [-0.4, -0.2) is 4.98 Å². The van der Waals surface area contributed by atoms with Crippen molar-refractivity contribution in [2.75, 3.05) is 0 Å². The lowest BCUT2D eigenvalue weighted by molar-refractivity contribution is 0.584. The molecule has 0 unspecified atom stereocenters. The van der Waals surface area contributed by atoms with Gasteiger partial charge in [0.25, 0.3) is 0 Å². The van der Waals surface area contributed by atoms with Gasteiger partial charge in [0, 0.05) is 23.2 Å². The van der Waals surface area contributed by atoms with Crippen molar-refractivity contribution in [2.24, 2.45) is 0 Å². The summed E-state index contributed by atoms with van der Waals surface area (Å²) in [4.78, 5) is 4.27. The van der Waals surface area contributed by atoms with Crippen molar-refractivity contribution in [2.45, 2.75) is 0 Å². The molecule has 0 atom stereocenters. The predicted octanol–water partition coefficient (Wildman–Crippen LogP) is 4.18. The van der Waals surface area contributed by atoms with Gasteiger partial charge in [0.15, 0.2) is 0 Å². The highest BCUT2D eigenvalue weighted by atomic mass is 19.1. The van der Waals surface area contributed by atoms with E-state index in [1.165, 1.54) is 12.1 Å². The van der Waals surface area contributed by atoms with Crippen LogP contribution in [0.25, 0.3) is 22.0 Å². The molecule has 1 aromatic heterocycles. The third-order valence-corrected chi connectivity index (χ3v) is 2.81. The molecule has 0 fully saturated rings. The maximum Gasteiger partial charge on any atom is 0.126 e. The standard InChI is InChI=1S/C15H9F2N/c16-12-7-11(8-13(17)9-12)14-5-1-3-10-4-2-6-18-15(10)14/h1-9H. The SMILES string of the molecule is Fc1cc(F)cc(-c2cccc3cccnc23)c1. The maximum absolute atomic E-state index is 13.3. The number of pyridine rings is 1. The molecule has 3 rings (SSSR count). The number of nitrogens with zero attached hydrogens (tertiary/aromatic N) is 1. The molecule has 0 aliphatic heterocycles. The minimum Gasteiger partial charge on any atom is -0.256 e. The average Bonchev–Trinajstić information content (AvgIpc) is 2.37. The van der Waals surface area contributed by atoms with E-state index >= 15 is 0 Å². The van der Waals surface area contributed by atoms with Crippen LogP contribution in [0.1, 0.15) is 0 Å². The molecule has 0 saturated carbocycles. The summed E-state index contributed by atoms with van der Waals surface area (Å²) < 4.78 is 26.5. The van der Waals surface area contributed by atoms with Gasteiger partial charge in [-0.15, -0.1) is 0 Å². The van der Waals surface area contributed by atoms with E-state index < -0.39 is 11.6 Å². The molecule has 1 nitrogen and oxygen atoms in total. The first kappa shape index (κ1) is 10.8. The Hall–Kier alpha value is -2.29. The van der Waals surface area contributed by atoms with Crippen LogP contribution in [0.15, 0.2) is 54.7 Å². The molecule has 88 valence electrons. The summed E-state index contributed by atoms with van der Waals surface area (Å²) in [6, 6.07) is 12.8. The number of fused-ring (bicyclic) bond motifs is 1. The molecule has 0 aliphatic rings. The van der Waals surface area contributed by atoms with Gasteiger partial charge < -0.3 is 0 Å². The molecule has 0 N–H and O–H groups in total. The second-order valence-corrected chi connectivity index (χ2v) is 4.04. The molecule has 3 heteroatoms. The summed E-state index contributed by atoms with van der Waals surface area (Å²) in [5.41, 5.74) is 1.97. The van der Waals surface area contributed by atoms with Crippen molar-refractivity contribution < 1.29 is 8.78 Å². The van der Waals surface area contributed by atoms with Crippen LogP contribution >= 0.6 is 0 Å². The summed E-state index contributed by atoms with van der Waals surface area (Å²) >= 11 is 0. The number of hydrogen-bond acceptors (Lipinski definition) is 1. The molecule has 3 aromatic rings. The van der Waals surface area contributed by atoms with E-state index in [1.54, 1.807) is 6.20 Å². The van der Waals surface area contributed by atoms with Gasteiger partial charge in [0.05, 0.1) is 5.52 Å². The van der Waals surface area contributed by atoms with Crippen molar-refractivity contribution in [3.05, 3.63) is 66.4 Å². The molecule has 1 heterocycles. The van der Waals surface area contributed by atoms with Crippen LogP contribution in [-0.2, 0) is 0 Å². The van der Waals surface area contributed by atoms with E-state index in [-0.39, 0.29) is 0 Å². The minimum atomic E-state index is -0.585. The molecule has 0 amide bonds. The number of para-hydroxylation sites is 1. The van der Waals surface area contributed by atoms with Gasteiger partial charge in [0.1, 0.15) is 11.6 Å². The van der Waals surface area contributed by atoms with Gasteiger partial charge in [0.2, 0.25) is 0 Å². The van der Waals surface area contributed by atoms with Crippen LogP contribution in [0, 0.1) is 11.6 Å². The van der Waals surface area contributed by atoms with Crippen molar-refractivity contribution in [1.29, 1.82) is 0 Å². The van der Waals surface area contributed by atoms with E-state index in [9.17, 15) is 8.78 Å². The Morgan fingerprint density at radius 1 is 0.833 bits per heavy atom. The number of halogens is 2. The van der Waals surface area contributed by atoms with E-state index in [0.29, 0.717) is 5.56 Å². The monoisotopic (exact) mass is 241 g/mol. The molecule has 0 saturated heterocycles. The predicted molar refractivity (Wildman–Crippen MR) is 67.1 cm³/mol. The highest BCUT2D eigenvalue weighted by molar-refractivity contribution is 5.93. The summed E-state index contributed by atoms with van der Waals surface area (Å²) in [5, 5.41) is 0.944. The number of rotatable bonds is 1. The second kappa shape index (κ2) is 4.18. The Labute approximate surface area is 103 Å². The number of hydrogen-bond donors (Lipinski definition) is 0. The molecule has 0 spiro atoms. The Bertz CT molecular complexity index is 697. The van der Waals surface area contributed by atoms with E-state index in [4.69, 9.17) is 0 Å². The summed E-state index contributed by atoms with van der Waals surface area (Å²) in [5.74, 6) is -1.17. The summed E-state index contributed by atoms with van der Waals surface area (Å²) in [6.07, 6.45) is 1.67. The quantitative estimate of drug-likeness (QED) is 0.622. The molecule has 0 bridgehead atoms. The fraction of sp³-hybridized carbons (Fsp3) is 0. The smallest absolute Gasteiger partial charge is 0.126 e. The number of aromatic nitrogens is 1. The van der Waals surface area contributed by atoms with Crippen LogP contribution in [0.5, 0.6) is 0 Å². The summed E-state index contributed by atoms with van der Waals surface area (Å²) in [7, 11) is 0. The van der Waals surface area contributed by atoms with E-state index in [0.717, 1.165) is 22.5 Å². The van der Waals surface area contributed by atoms with Crippen LogP contribution < -0.4 is 0 Å². The zero-order chi connectivity index (χ0) is 12.5. The topological polar surface area (TPSA) is 12.9 Å². The van der Waals surface area contributed by atoms with Gasteiger partial charge in [-0.05, 0) is 23.8 Å². The van der Waals surface area contributed by atoms with Gasteiger partial charge in [-0.1, -0.05) is 24.3 Å². The van der Waals surface area contributed by atoms with Gasteiger partial charge in [-0.25, -0.2) is 8.78 Å². The van der Waals surface area contributed by atoms with Crippen molar-refractivity contribution >= 4 is 10.9 Å². The van der Waals surface area contributed by atoms with Gasteiger partial charge >= 0.3 is 0 Å². The molecular formula is C15H9F2N. The highest BCUT2D eigenvalue weighted by Gasteiger charge is 2.07. The summed E-state index contributed by atoms with van der Waals surface area (Å²) in [6.45, 7) is 0. The van der Waals surface area contributed by atoms with Crippen LogP contribution in [0.4, 0.5) is 8.78 Å². The molecular weight excluding hydrogens is 232 g/mol. The maximum atomic E-state index is 13.3. The van der Waals surface area contributed by atoms with Gasteiger partial charge in [-0.2, -0.15) is 0 Å². The lowest BCUT2D eigenvalue weighted by atomic mass is 10.0. The molecule has 0 aliphatic carbocycles. The third-order valence-electron chi connectivity index (χ3n) is 2.81. The first-order valence-corrected chi connectivity index (χ1v) is 5.54. The molecule has 18 heavy (non-hydrogen) atoms. The van der Waals surface area contributed by atoms with Crippen molar-refractivity contribution in [3.8, 4) is 11.1 Å². The molecule has 2 aromatic carbocycles. The Morgan fingerprint density at radius 2 is 1.56 bits per heavy atom. The third kappa shape index (κ3) is 1.84. The number of benzene rings is 2. The first-order valence-electron chi connectivity index (χ1n) is 5.54.